The number of imide groups is 1. The van der Waals surface area contributed by atoms with Crippen molar-refractivity contribution in [2.45, 2.75) is 25.8 Å². The van der Waals surface area contributed by atoms with Gasteiger partial charge in [0.2, 0.25) is 0 Å². The summed E-state index contributed by atoms with van der Waals surface area (Å²) in [7, 11) is 0. The molecule has 0 unspecified atom stereocenters. The van der Waals surface area contributed by atoms with Gasteiger partial charge in [-0.2, -0.15) is 0 Å². The Balaban J connectivity index is 1.77. The van der Waals surface area contributed by atoms with Crippen molar-refractivity contribution >= 4 is 33.8 Å². The number of fused-ring (bicyclic) bond motifs is 3. The Bertz CT molecular complexity index is 1580. The quantitative estimate of drug-likeness (QED) is 0.194. The zero-order valence-electron chi connectivity index (χ0n) is 19.1. The molecular formula is C29H23NO5. The molecule has 1 aliphatic rings. The summed E-state index contributed by atoms with van der Waals surface area (Å²) in [5.74, 6) is -0.0790. The van der Waals surface area contributed by atoms with E-state index in [0.717, 1.165) is 21.9 Å². The van der Waals surface area contributed by atoms with E-state index in [1.165, 1.54) is 11.0 Å². The van der Waals surface area contributed by atoms with Crippen molar-refractivity contribution < 1.29 is 18.4 Å². The largest absolute Gasteiger partial charge is 0.460 e. The Kier molecular flexibility index (Phi) is 5.57. The van der Waals surface area contributed by atoms with E-state index in [1.807, 2.05) is 6.07 Å². The molecule has 0 N–H and O–H groups in total. The van der Waals surface area contributed by atoms with Gasteiger partial charge in [-0.1, -0.05) is 30.4 Å². The fraction of sp³-hybridized carbons (Fsp3) is 0.138. The van der Waals surface area contributed by atoms with Crippen molar-refractivity contribution in [2.24, 2.45) is 0 Å². The van der Waals surface area contributed by atoms with Crippen molar-refractivity contribution in [2.75, 3.05) is 0 Å². The van der Waals surface area contributed by atoms with Crippen LogP contribution < -0.4 is 5.63 Å². The molecule has 2 aromatic carbocycles. The van der Waals surface area contributed by atoms with Crippen LogP contribution in [-0.2, 0) is 25.8 Å². The van der Waals surface area contributed by atoms with Gasteiger partial charge in [-0.05, 0) is 36.6 Å². The SMILES string of the molecule is C=CCc1oc2c(CC=C)c3oc(=O)cc(CC=C)c3cc2c1CN1C(=O)c2ccccc2C1=O. The molecule has 0 aliphatic carbocycles. The number of hydrogen-bond acceptors (Lipinski definition) is 5. The number of nitrogens with zero attached hydrogens (tertiary/aromatic N) is 1. The number of benzene rings is 2. The molecule has 35 heavy (non-hydrogen) atoms. The Labute approximate surface area is 201 Å². The van der Waals surface area contributed by atoms with E-state index < -0.39 is 5.63 Å². The van der Waals surface area contributed by atoms with Crippen LogP contribution in [0.4, 0.5) is 0 Å². The first-order valence-corrected chi connectivity index (χ1v) is 11.3. The molecule has 4 aromatic rings. The van der Waals surface area contributed by atoms with Gasteiger partial charge in [0, 0.05) is 34.4 Å². The number of carbonyl (C=O) groups excluding carboxylic acids is 2. The Morgan fingerprint density at radius 1 is 0.743 bits per heavy atom. The Hall–Kier alpha value is -4.45. The lowest BCUT2D eigenvalue weighted by molar-refractivity contribution is 0.0642. The molecule has 6 nitrogen and oxygen atoms in total. The molecule has 0 atom stereocenters. The molecule has 1 aliphatic heterocycles. The van der Waals surface area contributed by atoms with Gasteiger partial charge >= 0.3 is 5.63 Å². The van der Waals surface area contributed by atoms with E-state index in [1.54, 1.807) is 42.5 Å². The maximum absolute atomic E-state index is 13.1. The number of furan rings is 1. The first-order chi connectivity index (χ1) is 17.0. The third kappa shape index (κ3) is 3.54. The van der Waals surface area contributed by atoms with E-state index >= 15 is 0 Å². The summed E-state index contributed by atoms with van der Waals surface area (Å²) in [4.78, 5) is 39.7. The van der Waals surface area contributed by atoms with Gasteiger partial charge in [-0.3, -0.25) is 14.5 Å². The second-order valence-electron chi connectivity index (χ2n) is 8.42. The fourth-order valence-corrected chi connectivity index (χ4v) is 4.75. The fourth-order valence-electron chi connectivity index (χ4n) is 4.75. The first-order valence-electron chi connectivity index (χ1n) is 11.3. The third-order valence-corrected chi connectivity index (χ3v) is 6.29. The summed E-state index contributed by atoms with van der Waals surface area (Å²) in [5.41, 5.74) is 3.49. The average Bonchev–Trinajstić information content (AvgIpc) is 3.30. The predicted octanol–water partition coefficient (Wildman–Crippen LogP) is 5.52. The second kappa shape index (κ2) is 8.72. The maximum Gasteiger partial charge on any atom is 0.336 e. The van der Waals surface area contributed by atoms with Crippen molar-refractivity contribution in [1.82, 2.24) is 4.90 Å². The second-order valence-corrected chi connectivity index (χ2v) is 8.42. The Morgan fingerprint density at radius 2 is 1.37 bits per heavy atom. The van der Waals surface area contributed by atoms with Crippen molar-refractivity contribution in [3.63, 3.8) is 0 Å². The van der Waals surface area contributed by atoms with Crippen LogP contribution in [0, 0.1) is 0 Å². The zero-order valence-corrected chi connectivity index (χ0v) is 19.1. The first kappa shape index (κ1) is 22.3. The third-order valence-electron chi connectivity index (χ3n) is 6.29. The van der Waals surface area contributed by atoms with Crippen LogP contribution in [0.5, 0.6) is 0 Å². The molecule has 2 amide bonds. The normalized spacial score (nSPS) is 13.0. The van der Waals surface area contributed by atoms with E-state index in [-0.39, 0.29) is 18.4 Å². The molecule has 0 spiro atoms. The van der Waals surface area contributed by atoms with Crippen LogP contribution in [-0.4, -0.2) is 16.7 Å². The van der Waals surface area contributed by atoms with Crippen LogP contribution in [0.3, 0.4) is 0 Å². The molecule has 0 fully saturated rings. The minimum atomic E-state index is -0.455. The number of allylic oxidation sites excluding steroid dienone is 3. The lowest BCUT2D eigenvalue weighted by atomic mass is 9.97. The van der Waals surface area contributed by atoms with E-state index in [2.05, 4.69) is 19.7 Å². The highest BCUT2D eigenvalue weighted by molar-refractivity contribution is 6.21. The molecule has 174 valence electrons. The van der Waals surface area contributed by atoms with Crippen LogP contribution in [0.1, 0.15) is 43.2 Å². The van der Waals surface area contributed by atoms with Gasteiger partial charge in [0.05, 0.1) is 17.7 Å². The molecule has 6 heteroatoms. The predicted molar refractivity (Wildman–Crippen MR) is 135 cm³/mol. The van der Waals surface area contributed by atoms with Crippen LogP contribution in [0.15, 0.2) is 88.0 Å². The zero-order chi connectivity index (χ0) is 24.7. The lowest BCUT2D eigenvalue weighted by Crippen LogP contribution is -2.29. The summed E-state index contributed by atoms with van der Waals surface area (Å²) in [6.07, 6.45) is 6.44. The minimum Gasteiger partial charge on any atom is -0.460 e. The van der Waals surface area contributed by atoms with Gasteiger partial charge in [0.1, 0.15) is 16.9 Å². The molecule has 0 bridgehead atoms. The number of rotatable bonds is 8. The minimum absolute atomic E-state index is 0.0507. The van der Waals surface area contributed by atoms with Crippen molar-refractivity contribution in [3.05, 3.63) is 118 Å². The lowest BCUT2D eigenvalue weighted by Gasteiger charge is -2.14. The van der Waals surface area contributed by atoms with Gasteiger partial charge in [0.25, 0.3) is 11.8 Å². The van der Waals surface area contributed by atoms with Crippen LogP contribution in [0.2, 0.25) is 0 Å². The van der Waals surface area contributed by atoms with Crippen LogP contribution in [0.25, 0.3) is 21.9 Å². The Morgan fingerprint density at radius 3 is 2.00 bits per heavy atom. The average molecular weight is 466 g/mol. The summed E-state index contributed by atoms with van der Waals surface area (Å²) in [5, 5.41) is 1.50. The summed E-state index contributed by atoms with van der Waals surface area (Å²) in [6.45, 7) is 11.5. The standard InChI is InChI=1S/C29H23NO5/c1-4-9-17-14-25(31)35-26-20(10-5-2)27-22(15-21(17)26)23(24(34-27)11-6-3)16-30-28(32)18-12-7-8-13-19(18)29(30)33/h4-8,12-15H,1-3,9-11,16H2. The van der Waals surface area contributed by atoms with Gasteiger partial charge in [-0.25, -0.2) is 4.79 Å². The molecule has 0 saturated heterocycles. The monoisotopic (exact) mass is 465 g/mol. The summed E-state index contributed by atoms with van der Waals surface area (Å²) < 4.78 is 11.9. The van der Waals surface area contributed by atoms with Gasteiger partial charge < -0.3 is 8.83 Å². The molecule has 2 aromatic heterocycles. The van der Waals surface area contributed by atoms with Crippen LogP contribution >= 0.6 is 0 Å². The van der Waals surface area contributed by atoms with E-state index in [9.17, 15) is 14.4 Å². The van der Waals surface area contributed by atoms with E-state index in [4.69, 9.17) is 8.83 Å². The molecule has 0 saturated carbocycles. The highest BCUT2D eigenvalue weighted by Crippen LogP contribution is 2.37. The van der Waals surface area contributed by atoms with Gasteiger partial charge in [0.15, 0.2) is 0 Å². The highest BCUT2D eigenvalue weighted by atomic mass is 16.4. The maximum atomic E-state index is 13.1. The van der Waals surface area contributed by atoms with Crippen molar-refractivity contribution in [3.8, 4) is 0 Å². The molecular weight excluding hydrogens is 442 g/mol. The number of carbonyl (C=O) groups is 2. The number of hydrogen-bond donors (Lipinski definition) is 0. The summed E-state index contributed by atoms with van der Waals surface area (Å²) in [6, 6.07) is 10.2. The smallest absolute Gasteiger partial charge is 0.336 e. The molecule has 5 rings (SSSR count). The molecule has 3 heterocycles. The molecule has 0 radical (unpaired) electrons. The highest BCUT2D eigenvalue weighted by Gasteiger charge is 2.36. The van der Waals surface area contributed by atoms with Crippen molar-refractivity contribution in [1.29, 1.82) is 0 Å². The summed E-state index contributed by atoms with van der Waals surface area (Å²) >= 11 is 0. The topological polar surface area (TPSA) is 80.7 Å². The van der Waals surface area contributed by atoms with E-state index in [0.29, 0.717) is 52.9 Å². The number of amides is 2. The van der Waals surface area contributed by atoms with Gasteiger partial charge in [-0.15, -0.1) is 19.7 Å².